The topological polar surface area (TPSA) is 84.7 Å². The van der Waals surface area contributed by atoms with E-state index in [1.807, 2.05) is 11.0 Å². The maximum Gasteiger partial charge on any atom is 0.261 e. The molecule has 0 aromatic heterocycles. The normalized spacial score (nSPS) is 21.5. The van der Waals surface area contributed by atoms with Crippen LogP contribution < -0.4 is 15.8 Å². The first-order valence-corrected chi connectivity index (χ1v) is 8.15. The van der Waals surface area contributed by atoms with E-state index in [1.54, 1.807) is 12.1 Å². The highest BCUT2D eigenvalue weighted by atomic mass is 35.5. The standard InChI is InChI=1S/C16H20ClN3O3/c17-11-1-2-13-10(7-11)8-14(23-13)16(22)19-12-3-5-20(6-4-12)9-15(18)21/h1-2,7,12,14H,3-6,8-9H2,(H2,18,21)(H,19,22). The number of amides is 2. The Morgan fingerprint density at radius 3 is 2.78 bits per heavy atom. The lowest BCUT2D eigenvalue weighted by Gasteiger charge is -2.31. The minimum absolute atomic E-state index is 0.0920. The van der Waals surface area contributed by atoms with E-state index in [4.69, 9.17) is 22.1 Å². The number of hydrogen-bond donors (Lipinski definition) is 2. The Labute approximate surface area is 139 Å². The summed E-state index contributed by atoms with van der Waals surface area (Å²) in [6.45, 7) is 1.80. The second-order valence-corrected chi connectivity index (χ2v) is 6.52. The van der Waals surface area contributed by atoms with Crippen molar-refractivity contribution < 1.29 is 14.3 Å². The van der Waals surface area contributed by atoms with Crippen LogP contribution in [0.2, 0.25) is 5.02 Å². The Balaban J connectivity index is 1.49. The van der Waals surface area contributed by atoms with E-state index < -0.39 is 6.10 Å². The fourth-order valence-corrected chi connectivity index (χ4v) is 3.31. The molecule has 1 aromatic carbocycles. The zero-order valence-electron chi connectivity index (χ0n) is 12.8. The molecule has 0 aliphatic carbocycles. The number of primary amides is 1. The summed E-state index contributed by atoms with van der Waals surface area (Å²) in [5, 5.41) is 3.69. The fraction of sp³-hybridized carbons (Fsp3) is 0.500. The SMILES string of the molecule is NC(=O)CN1CCC(NC(=O)C2Cc3cc(Cl)ccc3O2)CC1. The van der Waals surface area contributed by atoms with Crippen LogP contribution in [0.4, 0.5) is 0 Å². The largest absolute Gasteiger partial charge is 0.480 e. The van der Waals surface area contributed by atoms with Crippen LogP contribution in [0.3, 0.4) is 0 Å². The van der Waals surface area contributed by atoms with Gasteiger partial charge in [0.05, 0.1) is 6.54 Å². The molecule has 124 valence electrons. The van der Waals surface area contributed by atoms with Gasteiger partial charge in [-0.15, -0.1) is 0 Å². The summed E-state index contributed by atoms with van der Waals surface area (Å²) in [6.07, 6.45) is 1.67. The zero-order chi connectivity index (χ0) is 16.4. The van der Waals surface area contributed by atoms with E-state index in [9.17, 15) is 9.59 Å². The van der Waals surface area contributed by atoms with Crippen molar-refractivity contribution in [2.24, 2.45) is 5.73 Å². The number of piperidine rings is 1. The van der Waals surface area contributed by atoms with Crippen LogP contribution in [-0.2, 0) is 16.0 Å². The van der Waals surface area contributed by atoms with Gasteiger partial charge >= 0.3 is 0 Å². The average Bonchev–Trinajstić information content (AvgIpc) is 2.92. The van der Waals surface area contributed by atoms with Gasteiger partial charge in [0.15, 0.2) is 6.10 Å². The number of carbonyl (C=O) groups excluding carboxylic acids is 2. The van der Waals surface area contributed by atoms with Crippen LogP contribution in [0.5, 0.6) is 5.75 Å². The number of carbonyl (C=O) groups is 2. The highest BCUT2D eigenvalue weighted by Gasteiger charge is 2.31. The maximum absolute atomic E-state index is 12.4. The molecule has 2 heterocycles. The molecule has 1 saturated heterocycles. The Morgan fingerprint density at radius 1 is 1.35 bits per heavy atom. The van der Waals surface area contributed by atoms with Gasteiger partial charge in [0.1, 0.15) is 5.75 Å². The fourth-order valence-electron chi connectivity index (χ4n) is 3.11. The monoisotopic (exact) mass is 337 g/mol. The molecular formula is C16H20ClN3O3. The van der Waals surface area contributed by atoms with Crippen LogP contribution in [0.15, 0.2) is 18.2 Å². The van der Waals surface area contributed by atoms with Crippen molar-refractivity contribution in [3.63, 3.8) is 0 Å². The molecule has 0 saturated carbocycles. The first-order chi connectivity index (χ1) is 11.0. The molecule has 6 nitrogen and oxygen atoms in total. The molecule has 1 aromatic rings. The molecular weight excluding hydrogens is 318 g/mol. The highest BCUT2D eigenvalue weighted by Crippen LogP contribution is 2.31. The van der Waals surface area contributed by atoms with Crippen molar-refractivity contribution in [2.75, 3.05) is 19.6 Å². The molecule has 0 bridgehead atoms. The van der Waals surface area contributed by atoms with Crippen molar-refractivity contribution in [2.45, 2.75) is 31.4 Å². The minimum Gasteiger partial charge on any atom is -0.480 e. The predicted octanol–water partition coefficient (Wildman–Crippen LogP) is 0.709. The molecule has 2 amide bonds. The summed E-state index contributed by atoms with van der Waals surface area (Å²) in [5.41, 5.74) is 6.16. The lowest BCUT2D eigenvalue weighted by Crippen LogP contribution is -2.49. The van der Waals surface area contributed by atoms with Gasteiger partial charge in [-0.05, 0) is 36.6 Å². The average molecular weight is 338 g/mol. The molecule has 3 rings (SSSR count). The molecule has 1 unspecified atom stereocenters. The van der Waals surface area contributed by atoms with Crippen molar-refractivity contribution in [3.05, 3.63) is 28.8 Å². The molecule has 2 aliphatic rings. The summed E-state index contributed by atoms with van der Waals surface area (Å²) in [5.74, 6) is 0.319. The number of nitrogens with two attached hydrogens (primary N) is 1. The highest BCUT2D eigenvalue weighted by molar-refractivity contribution is 6.30. The lowest BCUT2D eigenvalue weighted by molar-refractivity contribution is -0.128. The van der Waals surface area contributed by atoms with E-state index in [0.29, 0.717) is 11.4 Å². The number of likely N-dealkylation sites (tertiary alicyclic amines) is 1. The molecule has 3 N–H and O–H groups in total. The number of benzene rings is 1. The van der Waals surface area contributed by atoms with Gasteiger partial charge in [0.25, 0.3) is 5.91 Å². The zero-order valence-corrected chi connectivity index (χ0v) is 13.5. The summed E-state index contributed by atoms with van der Waals surface area (Å²) >= 11 is 5.96. The van der Waals surface area contributed by atoms with E-state index in [0.717, 1.165) is 37.2 Å². The van der Waals surface area contributed by atoms with Crippen molar-refractivity contribution >= 4 is 23.4 Å². The molecule has 23 heavy (non-hydrogen) atoms. The predicted molar refractivity (Wildman–Crippen MR) is 86.4 cm³/mol. The van der Waals surface area contributed by atoms with Crippen LogP contribution in [-0.4, -0.2) is 48.5 Å². The summed E-state index contributed by atoms with van der Waals surface area (Å²) in [7, 11) is 0. The van der Waals surface area contributed by atoms with Crippen molar-refractivity contribution in [3.8, 4) is 5.75 Å². The smallest absolute Gasteiger partial charge is 0.261 e. The summed E-state index contributed by atoms with van der Waals surface area (Å²) in [4.78, 5) is 25.3. The number of halogens is 1. The van der Waals surface area contributed by atoms with E-state index in [1.165, 1.54) is 0 Å². The second-order valence-electron chi connectivity index (χ2n) is 6.09. The summed E-state index contributed by atoms with van der Waals surface area (Å²) in [6, 6.07) is 5.51. The van der Waals surface area contributed by atoms with Gasteiger partial charge in [-0.2, -0.15) is 0 Å². The molecule has 1 fully saturated rings. The van der Waals surface area contributed by atoms with Crippen LogP contribution in [0.1, 0.15) is 18.4 Å². The summed E-state index contributed by atoms with van der Waals surface area (Å²) < 4.78 is 5.70. The Hall–Kier alpha value is -1.79. The Morgan fingerprint density at radius 2 is 2.09 bits per heavy atom. The van der Waals surface area contributed by atoms with Crippen molar-refractivity contribution in [1.82, 2.24) is 10.2 Å². The number of ether oxygens (including phenoxy) is 1. The molecule has 2 aliphatic heterocycles. The second kappa shape index (κ2) is 6.76. The first kappa shape index (κ1) is 16.1. The minimum atomic E-state index is -0.493. The molecule has 1 atom stereocenters. The van der Waals surface area contributed by atoms with Crippen LogP contribution in [0.25, 0.3) is 0 Å². The molecule has 0 radical (unpaired) electrons. The third-order valence-electron chi connectivity index (χ3n) is 4.30. The number of fused-ring (bicyclic) bond motifs is 1. The van der Waals surface area contributed by atoms with Crippen LogP contribution >= 0.6 is 11.6 Å². The Bertz CT molecular complexity index is 615. The van der Waals surface area contributed by atoms with Gasteiger partial charge in [0, 0.05) is 30.6 Å². The van der Waals surface area contributed by atoms with Crippen LogP contribution in [0, 0.1) is 0 Å². The quantitative estimate of drug-likeness (QED) is 0.847. The Kier molecular flexibility index (Phi) is 4.73. The third-order valence-corrected chi connectivity index (χ3v) is 4.54. The first-order valence-electron chi connectivity index (χ1n) is 7.77. The van der Waals surface area contributed by atoms with E-state index in [-0.39, 0.29) is 24.4 Å². The maximum atomic E-state index is 12.4. The van der Waals surface area contributed by atoms with Gasteiger partial charge in [-0.1, -0.05) is 11.6 Å². The third kappa shape index (κ3) is 3.95. The van der Waals surface area contributed by atoms with Gasteiger partial charge in [-0.25, -0.2) is 0 Å². The lowest BCUT2D eigenvalue weighted by atomic mass is 10.0. The van der Waals surface area contributed by atoms with Crippen molar-refractivity contribution in [1.29, 1.82) is 0 Å². The number of nitrogens with one attached hydrogen (secondary N) is 1. The number of rotatable bonds is 4. The van der Waals surface area contributed by atoms with E-state index in [2.05, 4.69) is 5.32 Å². The van der Waals surface area contributed by atoms with Gasteiger partial charge in [-0.3, -0.25) is 14.5 Å². The molecule has 0 spiro atoms. The van der Waals surface area contributed by atoms with Gasteiger partial charge in [0.2, 0.25) is 5.91 Å². The van der Waals surface area contributed by atoms with E-state index >= 15 is 0 Å². The number of hydrogen-bond acceptors (Lipinski definition) is 4. The molecule has 7 heteroatoms. The number of nitrogens with zero attached hydrogens (tertiary/aromatic N) is 1. The van der Waals surface area contributed by atoms with Gasteiger partial charge < -0.3 is 15.8 Å².